The average Bonchev–Trinajstić information content (AvgIpc) is 3.48. The van der Waals surface area contributed by atoms with Gasteiger partial charge in [0.1, 0.15) is 0 Å². The highest BCUT2D eigenvalue weighted by Gasteiger charge is 2.40. The molecule has 0 amide bonds. The molecule has 0 aliphatic heterocycles. The smallest absolute Gasteiger partial charge is 0.309 e. The molecule has 7 aromatic rings. The van der Waals surface area contributed by atoms with Crippen LogP contribution in [-0.2, 0) is 37.1 Å². The summed E-state index contributed by atoms with van der Waals surface area (Å²) in [6, 6.07) is 14.4. The van der Waals surface area contributed by atoms with Gasteiger partial charge in [0.15, 0.2) is 0 Å². The number of aromatic nitrogens is 1. The minimum Gasteiger partial charge on any atom is -0.309 e. The molecule has 0 aliphatic carbocycles. The van der Waals surface area contributed by atoms with E-state index in [2.05, 4.69) is 0 Å². The number of alkyl halides is 18. The molecule has 6 aromatic carbocycles. The standard InChI is InChI=1S/C42H19F18N/c43-37(44,45)26-9-23(10-27(17-26)38(46,47)48)20-1-5-32(6-2-20)61-35-7-3-21(24-11-28(39(49,50)51)18-29(12-24)40(52,53)54)15-33(35)34-16-22(4-8-36(34)61)25-13-30(41(55,56)57)19-31(14-25)42(58,59)60/h1-19H. The largest absolute Gasteiger partial charge is 0.416 e. The zero-order valence-electron chi connectivity index (χ0n) is 29.7. The lowest BCUT2D eigenvalue weighted by Crippen LogP contribution is -2.11. The second-order valence-electron chi connectivity index (χ2n) is 13.7. The third-order valence-corrected chi connectivity index (χ3v) is 9.65. The van der Waals surface area contributed by atoms with Crippen molar-refractivity contribution in [1.82, 2.24) is 4.57 Å². The Morgan fingerprint density at radius 3 is 0.754 bits per heavy atom. The monoisotopic (exact) mass is 879 g/mol. The first-order valence-corrected chi connectivity index (χ1v) is 17.1. The van der Waals surface area contributed by atoms with Crippen LogP contribution in [0.15, 0.2) is 115 Å². The van der Waals surface area contributed by atoms with Crippen molar-refractivity contribution in [2.75, 3.05) is 0 Å². The molecule has 7 rings (SSSR count). The van der Waals surface area contributed by atoms with E-state index in [1.165, 1.54) is 28.8 Å². The first kappa shape index (κ1) is 43.0. The molecule has 0 saturated heterocycles. The lowest BCUT2D eigenvalue weighted by Gasteiger charge is -2.15. The molecular weight excluding hydrogens is 860 g/mol. The SMILES string of the molecule is FC(F)(F)c1cc(-c2ccc(-n3c4ccc(-c5cc(C(F)(F)F)cc(C(F)(F)F)c5)cc4c4cc(-c5cc(C(F)(F)F)cc(C(F)(F)F)c5)ccc43)cc2)cc(C(F)(F)F)c1. The van der Waals surface area contributed by atoms with Crippen LogP contribution < -0.4 is 0 Å². The van der Waals surface area contributed by atoms with Crippen molar-refractivity contribution in [3.63, 3.8) is 0 Å². The molecule has 1 aromatic heterocycles. The molecule has 0 N–H and O–H groups in total. The summed E-state index contributed by atoms with van der Waals surface area (Å²) in [5.41, 5.74) is -11.7. The molecule has 0 bridgehead atoms. The molecule has 318 valence electrons. The van der Waals surface area contributed by atoms with E-state index < -0.39 is 87.1 Å². The maximum atomic E-state index is 13.8. The first-order valence-electron chi connectivity index (χ1n) is 17.1. The van der Waals surface area contributed by atoms with Crippen LogP contribution in [0.25, 0.3) is 60.9 Å². The molecule has 0 saturated carbocycles. The van der Waals surface area contributed by atoms with E-state index in [0.29, 0.717) is 36.4 Å². The summed E-state index contributed by atoms with van der Waals surface area (Å²) in [5, 5.41) is 0.0280. The molecule has 0 spiro atoms. The Bertz CT molecular complexity index is 2580. The molecule has 0 unspecified atom stereocenters. The predicted octanol–water partition coefficient (Wildman–Crippen LogP) is 15.9. The lowest BCUT2D eigenvalue weighted by atomic mass is 9.96. The maximum absolute atomic E-state index is 13.8. The van der Waals surface area contributed by atoms with Crippen LogP contribution in [0.3, 0.4) is 0 Å². The minimum absolute atomic E-state index is 0.0140. The molecule has 0 radical (unpaired) electrons. The third-order valence-electron chi connectivity index (χ3n) is 9.65. The number of hydrogen-bond donors (Lipinski definition) is 0. The summed E-state index contributed by atoms with van der Waals surface area (Å²) in [6.07, 6.45) is -31.3. The zero-order valence-corrected chi connectivity index (χ0v) is 29.7. The van der Waals surface area contributed by atoms with Gasteiger partial charge in [-0.05, 0) is 124 Å². The normalized spacial score (nSPS) is 13.4. The van der Waals surface area contributed by atoms with Crippen LogP contribution in [0.2, 0.25) is 0 Å². The van der Waals surface area contributed by atoms with Crippen LogP contribution >= 0.6 is 0 Å². The molecule has 19 heteroatoms. The molecule has 1 heterocycles. The molecular formula is C42H19F18N. The van der Waals surface area contributed by atoms with Gasteiger partial charge in [-0.15, -0.1) is 0 Å². The Morgan fingerprint density at radius 2 is 0.492 bits per heavy atom. The molecule has 0 fully saturated rings. The van der Waals surface area contributed by atoms with Crippen LogP contribution in [0, 0.1) is 0 Å². The van der Waals surface area contributed by atoms with Crippen LogP contribution in [0.1, 0.15) is 33.4 Å². The summed E-state index contributed by atoms with van der Waals surface area (Å²) in [4.78, 5) is 0. The Morgan fingerprint density at radius 1 is 0.246 bits per heavy atom. The van der Waals surface area contributed by atoms with E-state index in [9.17, 15) is 79.0 Å². The van der Waals surface area contributed by atoms with Crippen LogP contribution in [0.5, 0.6) is 0 Å². The van der Waals surface area contributed by atoms with Crippen molar-refractivity contribution >= 4 is 21.8 Å². The predicted molar refractivity (Wildman–Crippen MR) is 187 cm³/mol. The first-order chi connectivity index (χ1) is 28.0. The van der Waals surface area contributed by atoms with E-state index in [-0.39, 0.29) is 62.4 Å². The van der Waals surface area contributed by atoms with Crippen molar-refractivity contribution in [2.45, 2.75) is 37.1 Å². The summed E-state index contributed by atoms with van der Waals surface area (Å²) in [6.45, 7) is 0. The highest BCUT2D eigenvalue weighted by Crippen LogP contribution is 2.44. The maximum Gasteiger partial charge on any atom is 0.416 e. The highest BCUT2D eigenvalue weighted by atomic mass is 19.4. The number of fused-ring (bicyclic) bond motifs is 3. The van der Waals surface area contributed by atoms with Crippen molar-refractivity contribution in [1.29, 1.82) is 0 Å². The Labute approximate surface area is 330 Å². The van der Waals surface area contributed by atoms with Gasteiger partial charge >= 0.3 is 37.1 Å². The fourth-order valence-electron chi connectivity index (χ4n) is 6.83. The zero-order chi connectivity index (χ0) is 44.8. The Kier molecular flexibility index (Phi) is 10.0. The quantitative estimate of drug-likeness (QED) is 0.155. The lowest BCUT2D eigenvalue weighted by molar-refractivity contribution is -0.144. The van der Waals surface area contributed by atoms with Gasteiger partial charge in [0, 0.05) is 16.5 Å². The minimum atomic E-state index is -5.24. The van der Waals surface area contributed by atoms with Gasteiger partial charge in [-0.25, -0.2) is 0 Å². The van der Waals surface area contributed by atoms with Gasteiger partial charge in [-0.1, -0.05) is 24.3 Å². The van der Waals surface area contributed by atoms with Gasteiger partial charge in [-0.2, -0.15) is 79.0 Å². The van der Waals surface area contributed by atoms with E-state index in [4.69, 9.17) is 0 Å². The van der Waals surface area contributed by atoms with E-state index >= 15 is 0 Å². The number of hydrogen-bond acceptors (Lipinski definition) is 0. The Hall–Kier alpha value is -6.14. The summed E-state index contributed by atoms with van der Waals surface area (Å²) < 4.78 is 248. The van der Waals surface area contributed by atoms with Crippen molar-refractivity contribution < 1.29 is 79.0 Å². The van der Waals surface area contributed by atoms with E-state index in [0.717, 1.165) is 36.4 Å². The summed E-state index contributed by atoms with van der Waals surface area (Å²) in [7, 11) is 0. The number of benzene rings is 6. The fourth-order valence-corrected chi connectivity index (χ4v) is 6.83. The molecule has 61 heavy (non-hydrogen) atoms. The summed E-state index contributed by atoms with van der Waals surface area (Å²) >= 11 is 0. The highest BCUT2D eigenvalue weighted by molar-refractivity contribution is 6.11. The van der Waals surface area contributed by atoms with Gasteiger partial charge in [0.25, 0.3) is 0 Å². The second kappa shape index (κ2) is 14.2. The van der Waals surface area contributed by atoms with Crippen molar-refractivity contribution in [3.8, 4) is 39.1 Å². The molecule has 0 atom stereocenters. The third kappa shape index (κ3) is 8.59. The number of halogens is 18. The van der Waals surface area contributed by atoms with E-state index in [1.54, 1.807) is 0 Å². The van der Waals surface area contributed by atoms with Gasteiger partial charge in [0.05, 0.1) is 44.4 Å². The summed E-state index contributed by atoms with van der Waals surface area (Å²) in [5.74, 6) is 0. The number of rotatable bonds is 4. The Balaban J connectivity index is 1.47. The van der Waals surface area contributed by atoms with Gasteiger partial charge in [-0.3, -0.25) is 0 Å². The topological polar surface area (TPSA) is 4.93 Å². The fraction of sp³-hybridized carbons (Fsp3) is 0.143. The van der Waals surface area contributed by atoms with Crippen molar-refractivity contribution in [2.24, 2.45) is 0 Å². The molecule has 0 aliphatic rings. The van der Waals surface area contributed by atoms with Crippen LogP contribution in [-0.4, -0.2) is 4.57 Å². The molecule has 1 nitrogen and oxygen atoms in total. The number of nitrogens with zero attached hydrogens (tertiary/aromatic N) is 1. The average molecular weight is 880 g/mol. The van der Waals surface area contributed by atoms with Gasteiger partial charge < -0.3 is 4.57 Å². The van der Waals surface area contributed by atoms with Crippen molar-refractivity contribution in [3.05, 3.63) is 149 Å². The van der Waals surface area contributed by atoms with E-state index in [1.807, 2.05) is 0 Å². The second-order valence-corrected chi connectivity index (χ2v) is 13.7. The van der Waals surface area contributed by atoms with Gasteiger partial charge in [0.2, 0.25) is 0 Å². The van der Waals surface area contributed by atoms with Crippen LogP contribution in [0.4, 0.5) is 79.0 Å².